The van der Waals surface area contributed by atoms with E-state index in [1.807, 2.05) is 26.8 Å². The van der Waals surface area contributed by atoms with Gasteiger partial charge < -0.3 is 10.5 Å². The minimum absolute atomic E-state index is 0.434. The SMILES string of the molecule is CCc1nc(N)cc(Oc2cc(C)cc(C)c2C)n1. The molecule has 0 aliphatic carbocycles. The summed E-state index contributed by atoms with van der Waals surface area (Å²) in [5, 5.41) is 0. The minimum Gasteiger partial charge on any atom is -0.439 e. The van der Waals surface area contributed by atoms with Gasteiger partial charge in [-0.25, -0.2) is 4.98 Å². The molecule has 0 saturated carbocycles. The number of nitrogens with two attached hydrogens (primary N) is 1. The monoisotopic (exact) mass is 257 g/mol. The number of anilines is 1. The van der Waals surface area contributed by atoms with Crippen LogP contribution >= 0.6 is 0 Å². The fourth-order valence-corrected chi connectivity index (χ4v) is 1.92. The first-order valence-corrected chi connectivity index (χ1v) is 6.38. The van der Waals surface area contributed by atoms with Crippen LogP contribution in [0.3, 0.4) is 0 Å². The molecule has 1 aromatic heterocycles. The number of aromatic nitrogens is 2. The van der Waals surface area contributed by atoms with Gasteiger partial charge >= 0.3 is 0 Å². The van der Waals surface area contributed by atoms with Crippen molar-refractivity contribution in [3.8, 4) is 11.6 Å². The fourth-order valence-electron chi connectivity index (χ4n) is 1.92. The molecule has 2 N–H and O–H groups in total. The third kappa shape index (κ3) is 3.02. The summed E-state index contributed by atoms with van der Waals surface area (Å²) in [5.41, 5.74) is 9.23. The first-order valence-electron chi connectivity index (χ1n) is 6.38. The average Bonchev–Trinajstić information content (AvgIpc) is 2.34. The highest BCUT2D eigenvalue weighted by Crippen LogP contribution is 2.28. The molecular formula is C15H19N3O. The molecule has 2 aromatic rings. The molecule has 0 aliphatic heterocycles. The number of ether oxygens (including phenoxy) is 1. The van der Waals surface area contributed by atoms with Crippen molar-refractivity contribution in [1.29, 1.82) is 0 Å². The van der Waals surface area contributed by atoms with Gasteiger partial charge in [-0.3, -0.25) is 0 Å². The fraction of sp³-hybridized carbons (Fsp3) is 0.333. The summed E-state index contributed by atoms with van der Waals surface area (Å²) in [6.45, 7) is 8.14. The maximum Gasteiger partial charge on any atom is 0.224 e. The first-order chi connectivity index (χ1) is 8.99. The van der Waals surface area contributed by atoms with Crippen molar-refractivity contribution in [3.63, 3.8) is 0 Å². The molecule has 0 amide bonds. The predicted molar refractivity (Wildman–Crippen MR) is 76.5 cm³/mol. The molecule has 0 bridgehead atoms. The van der Waals surface area contributed by atoms with E-state index in [2.05, 4.69) is 23.0 Å². The second kappa shape index (κ2) is 5.26. The number of benzene rings is 1. The Morgan fingerprint density at radius 1 is 1.11 bits per heavy atom. The van der Waals surface area contributed by atoms with Gasteiger partial charge in [-0.1, -0.05) is 13.0 Å². The molecule has 1 heterocycles. The second-order valence-corrected chi connectivity index (χ2v) is 4.71. The van der Waals surface area contributed by atoms with Crippen molar-refractivity contribution in [2.75, 3.05) is 5.73 Å². The van der Waals surface area contributed by atoms with E-state index in [0.717, 1.165) is 23.3 Å². The summed E-state index contributed by atoms with van der Waals surface area (Å²) < 4.78 is 5.86. The van der Waals surface area contributed by atoms with E-state index >= 15 is 0 Å². The van der Waals surface area contributed by atoms with Crippen LogP contribution in [0.5, 0.6) is 11.6 Å². The molecule has 4 nitrogen and oxygen atoms in total. The van der Waals surface area contributed by atoms with Gasteiger partial charge in [0, 0.05) is 12.5 Å². The van der Waals surface area contributed by atoms with Crippen LogP contribution in [0, 0.1) is 20.8 Å². The van der Waals surface area contributed by atoms with Crippen LogP contribution in [-0.2, 0) is 6.42 Å². The lowest BCUT2D eigenvalue weighted by atomic mass is 10.1. The Labute approximate surface area is 113 Å². The van der Waals surface area contributed by atoms with Crippen molar-refractivity contribution in [2.45, 2.75) is 34.1 Å². The Balaban J connectivity index is 2.38. The number of hydrogen-bond donors (Lipinski definition) is 1. The molecule has 0 spiro atoms. The van der Waals surface area contributed by atoms with E-state index in [0.29, 0.717) is 17.5 Å². The molecule has 19 heavy (non-hydrogen) atoms. The second-order valence-electron chi connectivity index (χ2n) is 4.71. The van der Waals surface area contributed by atoms with Gasteiger partial charge in [-0.15, -0.1) is 0 Å². The molecule has 0 unspecified atom stereocenters. The zero-order chi connectivity index (χ0) is 14.0. The summed E-state index contributed by atoms with van der Waals surface area (Å²) in [5.74, 6) is 2.44. The van der Waals surface area contributed by atoms with Gasteiger partial charge in [0.1, 0.15) is 17.4 Å². The third-order valence-corrected chi connectivity index (χ3v) is 3.06. The maximum atomic E-state index is 5.86. The van der Waals surface area contributed by atoms with Gasteiger partial charge in [0.2, 0.25) is 5.88 Å². The standard InChI is InChI=1S/C15H19N3O/c1-5-14-17-13(16)8-15(18-14)19-12-7-9(2)6-10(3)11(12)4/h6-8H,5H2,1-4H3,(H2,16,17,18). The minimum atomic E-state index is 0.434. The van der Waals surface area contributed by atoms with Crippen LogP contribution < -0.4 is 10.5 Å². The molecule has 100 valence electrons. The molecule has 0 atom stereocenters. The van der Waals surface area contributed by atoms with Crippen LogP contribution in [0.1, 0.15) is 29.4 Å². The number of nitrogen functional groups attached to an aromatic ring is 1. The third-order valence-electron chi connectivity index (χ3n) is 3.06. The first kappa shape index (κ1) is 13.3. The van der Waals surface area contributed by atoms with Crippen LogP contribution in [0.25, 0.3) is 0 Å². The largest absolute Gasteiger partial charge is 0.439 e. The summed E-state index contributed by atoms with van der Waals surface area (Å²) in [4.78, 5) is 8.47. The van der Waals surface area contributed by atoms with E-state index in [9.17, 15) is 0 Å². The lowest BCUT2D eigenvalue weighted by Gasteiger charge is -2.12. The number of rotatable bonds is 3. The predicted octanol–water partition coefficient (Wildman–Crippen LogP) is 3.34. The summed E-state index contributed by atoms with van der Waals surface area (Å²) in [7, 11) is 0. The van der Waals surface area contributed by atoms with Crippen molar-refractivity contribution in [3.05, 3.63) is 40.7 Å². The lowest BCUT2D eigenvalue weighted by Crippen LogP contribution is -2.01. The molecule has 0 aliphatic rings. The Kier molecular flexibility index (Phi) is 3.69. The van der Waals surface area contributed by atoms with E-state index in [4.69, 9.17) is 10.5 Å². The Morgan fingerprint density at radius 3 is 2.53 bits per heavy atom. The molecule has 0 fully saturated rings. The van der Waals surface area contributed by atoms with Crippen LogP contribution in [0.15, 0.2) is 18.2 Å². The molecule has 2 rings (SSSR count). The maximum absolute atomic E-state index is 5.86. The highest BCUT2D eigenvalue weighted by Gasteiger charge is 2.08. The normalized spacial score (nSPS) is 10.5. The van der Waals surface area contributed by atoms with Crippen molar-refractivity contribution in [2.24, 2.45) is 0 Å². The van der Waals surface area contributed by atoms with Crippen LogP contribution in [0.2, 0.25) is 0 Å². The van der Waals surface area contributed by atoms with Gasteiger partial charge in [0.05, 0.1) is 0 Å². The summed E-state index contributed by atoms with van der Waals surface area (Å²) in [6.07, 6.45) is 0.729. The quantitative estimate of drug-likeness (QED) is 0.916. The van der Waals surface area contributed by atoms with E-state index in [1.54, 1.807) is 6.07 Å². The Hall–Kier alpha value is -2.10. The number of aryl methyl sites for hydroxylation is 3. The zero-order valence-corrected chi connectivity index (χ0v) is 11.8. The van der Waals surface area contributed by atoms with Gasteiger partial charge in [0.15, 0.2) is 0 Å². The van der Waals surface area contributed by atoms with Crippen LogP contribution in [0.4, 0.5) is 5.82 Å². The van der Waals surface area contributed by atoms with Gasteiger partial charge in [0.25, 0.3) is 0 Å². The van der Waals surface area contributed by atoms with Crippen molar-refractivity contribution in [1.82, 2.24) is 9.97 Å². The van der Waals surface area contributed by atoms with E-state index in [1.165, 1.54) is 5.56 Å². The zero-order valence-electron chi connectivity index (χ0n) is 11.8. The Bertz CT molecular complexity index is 609. The smallest absolute Gasteiger partial charge is 0.224 e. The topological polar surface area (TPSA) is 61.0 Å². The molecule has 4 heteroatoms. The number of hydrogen-bond acceptors (Lipinski definition) is 4. The van der Waals surface area contributed by atoms with Crippen molar-refractivity contribution < 1.29 is 4.74 Å². The van der Waals surface area contributed by atoms with E-state index < -0.39 is 0 Å². The van der Waals surface area contributed by atoms with Crippen molar-refractivity contribution >= 4 is 5.82 Å². The average molecular weight is 257 g/mol. The summed E-state index contributed by atoms with van der Waals surface area (Å²) in [6, 6.07) is 5.79. The molecular weight excluding hydrogens is 238 g/mol. The highest BCUT2D eigenvalue weighted by atomic mass is 16.5. The Morgan fingerprint density at radius 2 is 1.84 bits per heavy atom. The molecule has 0 saturated heterocycles. The molecule has 0 radical (unpaired) electrons. The van der Waals surface area contributed by atoms with E-state index in [-0.39, 0.29) is 0 Å². The number of nitrogens with zero attached hydrogens (tertiary/aromatic N) is 2. The van der Waals surface area contributed by atoms with Gasteiger partial charge in [-0.2, -0.15) is 4.98 Å². The molecule has 1 aromatic carbocycles. The lowest BCUT2D eigenvalue weighted by molar-refractivity contribution is 0.455. The highest BCUT2D eigenvalue weighted by molar-refractivity contribution is 5.44. The van der Waals surface area contributed by atoms with Gasteiger partial charge in [-0.05, 0) is 43.5 Å². The van der Waals surface area contributed by atoms with Crippen LogP contribution in [-0.4, -0.2) is 9.97 Å². The summed E-state index contributed by atoms with van der Waals surface area (Å²) >= 11 is 0.